The van der Waals surface area contributed by atoms with Crippen LogP contribution in [0.4, 0.5) is 13.2 Å². The largest absolute Gasteiger partial charge is 0.433 e. The van der Waals surface area contributed by atoms with E-state index in [9.17, 15) is 18.0 Å². The van der Waals surface area contributed by atoms with E-state index in [0.29, 0.717) is 6.42 Å². The Morgan fingerprint density at radius 3 is 2.53 bits per heavy atom. The van der Waals surface area contributed by atoms with E-state index >= 15 is 0 Å². The molecule has 0 amide bonds. The van der Waals surface area contributed by atoms with Gasteiger partial charge >= 0.3 is 6.18 Å². The van der Waals surface area contributed by atoms with E-state index in [1.54, 1.807) is 0 Å². The maximum atomic E-state index is 12.4. The van der Waals surface area contributed by atoms with Crippen LogP contribution in [0.15, 0.2) is 18.2 Å². The van der Waals surface area contributed by atoms with Crippen LogP contribution in [-0.2, 0) is 17.4 Å². The Balaban J connectivity index is 2.76. The first-order valence-corrected chi connectivity index (χ1v) is 5.34. The number of alkyl halides is 3. The highest BCUT2D eigenvalue weighted by atomic mass is 19.4. The molecule has 0 radical (unpaired) electrons. The van der Waals surface area contributed by atoms with Gasteiger partial charge in [-0.05, 0) is 18.1 Å². The van der Waals surface area contributed by atoms with Gasteiger partial charge in [-0.2, -0.15) is 13.2 Å². The van der Waals surface area contributed by atoms with Gasteiger partial charge in [0.25, 0.3) is 0 Å². The van der Waals surface area contributed by atoms with Crippen LogP contribution < -0.4 is 0 Å². The lowest BCUT2D eigenvalue weighted by atomic mass is 10.0. The summed E-state index contributed by atoms with van der Waals surface area (Å²) in [5, 5.41) is 0. The predicted octanol–water partition coefficient (Wildman–Crippen LogP) is 3.26. The number of carbonyl (C=O) groups excluding carboxylic acids is 1. The minimum Gasteiger partial charge on any atom is -0.299 e. The number of pyridine rings is 1. The molecule has 0 saturated heterocycles. The average molecular weight is 245 g/mol. The molecule has 1 rings (SSSR count). The lowest BCUT2D eigenvalue weighted by Crippen LogP contribution is -2.12. The van der Waals surface area contributed by atoms with Crippen LogP contribution in [-0.4, -0.2) is 10.8 Å². The van der Waals surface area contributed by atoms with Gasteiger partial charge in [0.1, 0.15) is 11.5 Å². The van der Waals surface area contributed by atoms with Crippen molar-refractivity contribution in [1.29, 1.82) is 0 Å². The summed E-state index contributed by atoms with van der Waals surface area (Å²) in [6.45, 7) is 3.77. The summed E-state index contributed by atoms with van der Waals surface area (Å²) in [6, 6.07) is 3.61. The SMILES string of the molecule is CC(C)CC(=O)Cc1cccc(C(F)(F)F)n1. The topological polar surface area (TPSA) is 30.0 Å². The van der Waals surface area contributed by atoms with Crippen LogP contribution in [0.2, 0.25) is 0 Å². The van der Waals surface area contributed by atoms with Crippen molar-refractivity contribution in [2.75, 3.05) is 0 Å². The van der Waals surface area contributed by atoms with Crippen molar-refractivity contribution in [1.82, 2.24) is 4.98 Å². The maximum Gasteiger partial charge on any atom is 0.433 e. The summed E-state index contributed by atoms with van der Waals surface area (Å²) < 4.78 is 37.1. The molecule has 0 saturated carbocycles. The van der Waals surface area contributed by atoms with E-state index in [0.717, 1.165) is 6.07 Å². The zero-order valence-corrected chi connectivity index (χ0v) is 9.71. The number of Topliss-reactive ketones (excluding diaryl/α,β-unsaturated/α-hetero) is 1. The Hall–Kier alpha value is -1.39. The van der Waals surface area contributed by atoms with Crippen molar-refractivity contribution < 1.29 is 18.0 Å². The van der Waals surface area contributed by atoms with E-state index < -0.39 is 11.9 Å². The van der Waals surface area contributed by atoms with Gasteiger partial charge in [-0.3, -0.25) is 4.79 Å². The summed E-state index contributed by atoms with van der Waals surface area (Å²) in [7, 11) is 0. The zero-order chi connectivity index (χ0) is 13.1. The Morgan fingerprint density at radius 2 is 2.00 bits per heavy atom. The number of rotatable bonds is 4. The highest BCUT2D eigenvalue weighted by Crippen LogP contribution is 2.27. The van der Waals surface area contributed by atoms with Gasteiger partial charge in [0, 0.05) is 18.5 Å². The third-order valence-corrected chi connectivity index (χ3v) is 2.11. The van der Waals surface area contributed by atoms with Crippen LogP contribution in [0, 0.1) is 5.92 Å². The first kappa shape index (κ1) is 13.7. The third-order valence-electron chi connectivity index (χ3n) is 2.11. The first-order valence-electron chi connectivity index (χ1n) is 5.34. The second-order valence-corrected chi connectivity index (χ2v) is 4.33. The smallest absolute Gasteiger partial charge is 0.299 e. The molecule has 2 nitrogen and oxygen atoms in total. The number of nitrogens with zero attached hydrogens (tertiary/aromatic N) is 1. The summed E-state index contributed by atoms with van der Waals surface area (Å²) in [6.07, 6.45) is -4.14. The molecule has 0 fully saturated rings. The fourth-order valence-electron chi connectivity index (χ4n) is 1.47. The number of carbonyl (C=O) groups is 1. The summed E-state index contributed by atoms with van der Waals surface area (Å²) in [5.74, 6) is 0.111. The molecular weight excluding hydrogens is 231 g/mol. The van der Waals surface area contributed by atoms with E-state index in [1.165, 1.54) is 12.1 Å². The third kappa shape index (κ3) is 4.54. The fourth-order valence-corrected chi connectivity index (χ4v) is 1.47. The highest BCUT2D eigenvalue weighted by Gasteiger charge is 2.32. The van der Waals surface area contributed by atoms with Crippen molar-refractivity contribution in [3.8, 4) is 0 Å². The monoisotopic (exact) mass is 245 g/mol. The normalized spacial score (nSPS) is 11.9. The van der Waals surface area contributed by atoms with Gasteiger partial charge in [-0.15, -0.1) is 0 Å². The zero-order valence-electron chi connectivity index (χ0n) is 9.71. The molecule has 0 aliphatic heterocycles. The van der Waals surface area contributed by atoms with Crippen LogP contribution in [0.3, 0.4) is 0 Å². The molecule has 0 aromatic carbocycles. The summed E-state index contributed by atoms with van der Waals surface area (Å²) in [5.41, 5.74) is -0.780. The number of halogens is 3. The molecule has 5 heteroatoms. The standard InChI is InChI=1S/C12H14F3NO/c1-8(2)6-10(17)7-9-4-3-5-11(16-9)12(13,14)15/h3-5,8H,6-7H2,1-2H3. The molecule has 0 bridgehead atoms. The van der Waals surface area contributed by atoms with Crippen LogP contribution in [0.1, 0.15) is 31.7 Å². The molecule has 1 aromatic heterocycles. The number of ketones is 1. The summed E-state index contributed by atoms with van der Waals surface area (Å²) >= 11 is 0. The minimum absolute atomic E-state index is 0.0396. The van der Waals surface area contributed by atoms with Gasteiger partial charge in [-0.25, -0.2) is 4.98 Å². The molecule has 94 valence electrons. The molecule has 0 unspecified atom stereocenters. The number of hydrogen-bond donors (Lipinski definition) is 0. The van der Waals surface area contributed by atoms with Crippen LogP contribution in [0.25, 0.3) is 0 Å². The molecule has 0 spiro atoms. The second kappa shape index (κ2) is 5.29. The lowest BCUT2D eigenvalue weighted by Gasteiger charge is -2.08. The number of hydrogen-bond acceptors (Lipinski definition) is 2. The van der Waals surface area contributed by atoms with Gasteiger partial charge in [-0.1, -0.05) is 19.9 Å². The maximum absolute atomic E-state index is 12.4. The van der Waals surface area contributed by atoms with Crippen LogP contribution in [0.5, 0.6) is 0 Å². The van der Waals surface area contributed by atoms with E-state index in [4.69, 9.17) is 0 Å². The first-order chi connectivity index (χ1) is 7.79. The Morgan fingerprint density at radius 1 is 1.35 bits per heavy atom. The molecule has 0 aliphatic carbocycles. The van der Waals surface area contributed by atoms with Crippen molar-refractivity contribution >= 4 is 5.78 Å². The highest BCUT2D eigenvalue weighted by molar-refractivity contribution is 5.80. The average Bonchev–Trinajstić information content (AvgIpc) is 2.15. The molecule has 1 heterocycles. The molecule has 0 atom stereocenters. The van der Waals surface area contributed by atoms with Crippen molar-refractivity contribution in [2.45, 2.75) is 32.9 Å². The Labute approximate surface area is 97.9 Å². The minimum atomic E-state index is -4.46. The van der Waals surface area contributed by atoms with Gasteiger partial charge < -0.3 is 0 Å². The predicted molar refractivity (Wildman–Crippen MR) is 57.4 cm³/mol. The van der Waals surface area contributed by atoms with E-state index in [-0.39, 0.29) is 23.8 Å². The van der Waals surface area contributed by atoms with Gasteiger partial charge in [0.2, 0.25) is 0 Å². The molecule has 1 aromatic rings. The lowest BCUT2D eigenvalue weighted by molar-refractivity contribution is -0.141. The Bertz CT molecular complexity index is 399. The Kier molecular flexibility index (Phi) is 4.26. The van der Waals surface area contributed by atoms with Gasteiger partial charge in [0.05, 0.1) is 0 Å². The molecule has 0 N–H and O–H groups in total. The van der Waals surface area contributed by atoms with Crippen LogP contribution >= 0.6 is 0 Å². The van der Waals surface area contributed by atoms with Gasteiger partial charge in [0.15, 0.2) is 0 Å². The second-order valence-electron chi connectivity index (χ2n) is 4.33. The number of aromatic nitrogens is 1. The summed E-state index contributed by atoms with van der Waals surface area (Å²) in [4.78, 5) is 14.9. The molecular formula is C12H14F3NO. The van der Waals surface area contributed by atoms with Crippen molar-refractivity contribution in [3.05, 3.63) is 29.6 Å². The van der Waals surface area contributed by atoms with Crippen molar-refractivity contribution in [2.24, 2.45) is 5.92 Å². The quantitative estimate of drug-likeness (QED) is 0.815. The van der Waals surface area contributed by atoms with Crippen molar-refractivity contribution in [3.63, 3.8) is 0 Å². The molecule has 17 heavy (non-hydrogen) atoms. The molecule has 0 aliphatic rings. The van der Waals surface area contributed by atoms with E-state index in [1.807, 2.05) is 13.8 Å². The fraction of sp³-hybridized carbons (Fsp3) is 0.500. The van der Waals surface area contributed by atoms with E-state index in [2.05, 4.69) is 4.98 Å².